The van der Waals surface area contributed by atoms with Gasteiger partial charge in [0.15, 0.2) is 0 Å². The number of hydrogen-bond acceptors (Lipinski definition) is 3. The normalized spacial score (nSPS) is 11.8. The molecule has 0 aliphatic rings. The first-order valence-electron chi connectivity index (χ1n) is 6.61. The summed E-state index contributed by atoms with van der Waals surface area (Å²) in [6.07, 6.45) is -0.734. The number of aliphatic hydroxyl groups excluding tert-OH is 1. The van der Waals surface area contributed by atoms with Gasteiger partial charge in [0.2, 0.25) is 0 Å². The fourth-order valence-corrected chi connectivity index (χ4v) is 2.06. The minimum atomic E-state index is -0.734. The number of halogens is 1. The van der Waals surface area contributed by atoms with Crippen molar-refractivity contribution in [3.8, 4) is 11.8 Å². The lowest BCUT2D eigenvalue weighted by atomic mass is 10.1. The smallest absolute Gasteiger partial charge is 0.128 e. The van der Waals surface area contributed by atoms with Crippen LogP contribution in [0.25, 0.3) is 0 Å². The molecule has 2 aromatic carbocycles. The van der Waals surface area contributed by atoms with Gasteiger partial charge in [0, 0.05) is 11.6 Å². The Morgan fingerprint density at radius 3 is 2.67 bits per heavy atom. The predicted octanol–water partition coefficient (Wildman–Crippen LogP) is 3.64. The molecule has 108 valence electrons. The molecule has 21 heavy (non-hydrogen) atoms. The maximum atomic E-state index is 13.3. The lowest BCUT2D eigenvalue weighted by Crippen LogP contribution is -2.03. The van der Waals surface area contributed by atoms with E-state index >= 15 is 0 Å². The molecule has 0 bridgehead atoms. The Morgan fingerprint density at radius 2 is 2.05 bits per heavy atom. The van der Waals surface area contributed by atoms with Crippen LogP contribution in [0, 0.1) is 24.1 Å². The molecule has 0 heterocycles. The largest absolute Gasteiger partial charge is 0.488 e. The molecular formula is C17H16FNO2. The minimum Gasteiger partial charge on any atom is -0.488 e. The fraction of sp³-hybridized carbons (Fsp3) is 0.235. The van der Waals surface area contributed by atoms with Crippen LogP contribution in [0.1, 0.15) is 35.3 Å². The number of hydrogen-bond donors (Lipinski definition) is 1. The average Bonchev–Trinajstić information content (AvgIpc) is 2.45. The first kappa shape index (κ1) is 15.0. The number of ether oxygens (including phenoxy) is 1. The van der Waals surface area contributed by atoms with Crippen LogP contribution in [-0.2, 0) is 6.61 Å². The zero-order valence-corrected chi connectivity index (χ0v) is 11.9. The molecule has 0 saturated carbocycles. The van der Waals surface area contributed by atoms with Gasteiger partial charge in [0.25, 0.3) is 0 Å². The third-order valence-electron chi connectivity index (χ3n) is 3.28. The van der Waals surface area contributed by atoms with Gasteiger partial charge in [-0.25, -0.2) is 4.39 Å². The van der Waals surface area contributed by atoms with Crippen molar-refractivity contribution in [3.63, 3.8) is 0 Å². The second-order valence-corrected chi connectivity index (χ2v) is 4.90. The first-order chi connectivity index (χ1) is 10.0. The minimum absolute atomic E-state index is 0.251. The SMILES string of the molecule is Cc1cc(C#N)ccc1COc1cc(F)ccc1[C@H](C)O. The summed E-state index contributed by atoms with van der Waals surface area (Å²) in [6, 6.07) is 11.5. The average molecular weight is 285 g/mol. The maximum Gasteiger partial charge on any atom is 0.128 e. The molecule has 0 aliphatic heterocycles. The van der Waals surface area contributed by atoms with E-state index in [1.807, 2.05) is 13.0 Å². The second-order valence-electron chi connectivity index (χ2n) is 4.90. The Labute approximate surface area is 123 Å². The Hall–Kier alpha value is -2.38. The summed E-state index contributed by atoms with van der Waals surface area (Å²) >= 11 is 0. The van der Waals surface area contributed by atoms with E-state index in [2.05, 4.69) is 6.07 Å². The molecular weight excluding hydrogens is 269 g/mol. The molecule has 0 aromatic heterocycles. The van der Waals surface area contributed by atoms with Crippen molar-refractivity contribution in [2.45, 2.75) is 26.6 Å². The van der Waals surface area contributed by atoms with E-state index in [0.29, 0.717) is 16.9 Å². The van der Waals surface area contributed by atoms with Gasteiger partial charge in [-0.2, -0.15) is 5.26 Å². The summed E-state index contributed by atoms with van der Waals surface area (Å²) in [5, 5.41) is 18.5. The number of aliphatic hydroxyl groups is 1. The molecule has 1 N–H and O–H groups in total. The van der Waals surface area contributed by atoms with Crippen LogP contribution in [0.5, 0.6) is 5.75 Å². The topological polar surface area (TPSA) is 53.2 Å². The van der Waals surface area contributed by atoms with Crippen LogP contribution in [0.15, 0.2) is 36.4 Å². The number of rotatable bonds is 4. The van der Waals surface area contributed by atoms with Crippen LogP contribution in [0.4, 0.5) is 4.39 Å². The van der Waals surface area contributed by atoms with E-state index in [9.17, 15) is 9.50 Å². The zero-order valence-electron chi connectivity index (χ0n) is 11.9. The number of nitriles is 1. The van der Waals surface area contributed by atoms with Crippen LogP contribution in [0.3, 0.4) is 0 Å². The summed E-state index contributed by atoms with van der Waals surface area (Å²) in [6.45, 7) is 3.74. The molecule has 2 rings (SSSR count). The van der Waals surface area contributed by atoms with Crippen LogP contribution < -0.4 is 4.74 Å². The van der Waals surface area contributed by atoms with E-state index in [0.717, 1.165) is 11.1 Å². The lowest BCUT2D eigenvalue weighted by molar-refractivity contribution is 0.189. The van der Waals surface area contributed by atoms with Gasteiger partial charge in [0.1, 0.15) is 18.2 Å². The summed E-state index contributed by atoms with van der Waals surface area (Å²) in [7, 11) is 0. The molecule has 2 aromatic rings. The lowest BCUT2D eigenvalue weighted by Gasteiger charge is -2.14. The highest BCUT2D eigenvalue weighted by molar-refractivity contribution is 5.39. The molecule has 0 amide bonds. The van der Waals surface area contributed by atoms with Crippen molar-refractivity contribution in [1.29, 1.82) is 5.26 Å². The Morgan fingerprint density at radius 1 is 1.29 bits per heavy atom. The van der Waals surface area contributed by atoms with Gasteiger partial charge in [-0.3, -0.25) is 0 Å². The highest BCUT2D eigenvalue weighted by Gasteiger charge is 2.11. The van der Waals surface area contributed by atoms with Crippen molar-refractivity contribution in [3.05, 3.63) is 64.5 Å². The van der Waals surface area contributed by atoms with E-state index in [1.165, 1.54) is 18.2 Å². The second kappa shape index (κ2) is 6.38. The van der Waals surface area contributed by atoms with E-state index in [1.54, 1.807) is 19.1 Å². The van der Waals surface area contributed by atoms with Crippen molar-refractivity contribution < 1.29 is 14.2 Å². The fourth-order valence-electron chi connectivity index (χ4n) is 2.06. The molecule has 0 fully saturated rings. The molecule has 0 unspecified atom stereocenters. The number of nitrogens with zero attached hydrogens (tertiary/aromatic N) is 1. The van der Waals surface area contributed by atoms with Gasteiger partial charge >= 0.3 is 0 Å². The van der Waals surface area contributed by atoms with Gasteiger partial charge in [-0.15, -0.1) is 0 Å². The summed E-state index contributed by atoms with van der Waals surface area (Å²) in [4.78, 5) is 0. The van der Waals surface area contributed by atoms with Crippen LogP contribution >= 0.6 is 0 Å². The Balaban J connectivity index is 2.20. The van der Waals surface area contributed by atoms with Gasteiger partial charge in [-0.05, 0) is 49.2 Å². The molecule has 0 saturated heterocycles. The van der Waals surface area contributed by atoms with Crippen molar-refractivity contribution >= 4 is 0 Å². The highest BCUT2D eigenvalue weighted by atomic mass is 19.1. The molecule has 4 heteroatoms. The number of benzene rings is 2. The van der Waals surface area contributed by atoms with Crippen molar-refractivity contribution in [2.75, 3.05) is 0 Å². The molecule has 0 spiro atoms. The van der Waals surface area contributed by atoms with E-state index < -0.39 is 11.9 Å². The van der Waals surface area contributed by atoms with Gasteiger partial charge in [-0.1, -0.05) is 6.07 Å². The third-order valence-corrected chi connectivity index (χ3v) is 3.28. The highest BCUT2D eigenvalue weighted by Crippen LogP contribution is 2.27. The maximum absolute atomic E-state index is 13.3. The summed E-state index contributed by atoms with van der Waals surface area (Å²) in [5.74, 6) is -0.0836. The molecule has 0 aliphatic carbocycles. The first-order valence-corrected chi connectivity index (χ1v) is 6.61. The summed E-state index contributed by atoms with van der Waals surface area (Å²) in [5.41, 5.74) is 2.98. The van der Waals surface area contributed by atoms with E-state index in [4.69, 9.17) is 10.00 Å². The quantitative estimate of drug-likeness (QED) is 0.933. The van der Waals surface area contributed by atoms with Gasteiger partial charge in [0.05, 0.1) is 17.7 Å². The van der Waals surface area contributed by atoms with Crippen molar-refractivity contribution in [2.24, 2.45) is 0 Å². The van der Waals surface area contributed by atoms with E-state index in [-0.39, 0.29) is 6.61 Å². The van der Waals surface area contributed by atoms with Crippen LogP contribution in [0.2, 0.25) is 0 Å². The zero-order chi connectivity index (χ0) is 15.4. The number of aryl methyl sites for hydroxylation is 1. The Bertz CT molecular complexity index is 690. The van der Waals surface area contributed by atoms with Crippen molar-refractivity contribution in [1.82, 2.24) is 0 Å². The molecule has 3 nitrogen and oxygen atoms in total. The Kier molecular flexibility index (Phi) is 4.56. The van der Waals surface area contributed by atoms with Gasteiger partial charge < -0.3 is 9.84 Å². The van der Waals surface area contributed by atoms with Crippen LogP contribution in [-0.4, -0.2) is 5.11 Å². The predicted molar refractivity (Wildman–Crippen MR) is 77.3 cm³/mol. The summed E-state index contributed by atoms with van der Waals surface area (Å²) < 4.78 is 19.0. The molecule has 0 radical (unpaired) electrons. The monoisotopic (exact) mass is 285 g/mol. The third kappa shape index (κ3) is 3.59. The molecule has 1 atom stereocenters. The standard InChI is InChI=1S/C17H16FNO2/c1-11-7-13(9-19)3-4-14(11)10-21-17-8-15(18)5-6-16(17)12(2)20/h3-8,12,20H,10H2,1-2H3/t12-/m0/s1.